The van der Waals surface area contributed by atoms with E-state index in [4.69, 9.17) is 9.84 Å². The summed E-state index contributed by atoms with van der Waals surface area (Å²) in [4.78, 5) is 0. The topological polar surface area (TPSA) is 41.5 Å². The number of benzene rings is 2. The van der Waals surface area contributed by atoms with Gasteiger partial charge in [-0.3, -0.25) is 0 Å². The van der Waals surface area contributed by atoms with Crippen LogP contribution >= 0.6 is 0 Å². The van der Waals surface area contributed by atoms with E-state index < -0.39 is 0 Å². The summed E-state index contributed by atoms with van der Waals surface area (Å²) in [6.45, 7) is 0.673. The van der Waals surface area contributed by atoms with Crippen molar-refractivity contribution >= 4 is 5.69 Å². The SMILES string of the molecule is COCC(Nc1ccc(CO)cc1)c1ccccc1. The lowest BCUT2D eigenvalue weighted by Gasteiger charge is -2.19. The quantitative estimate of drug-likeness (QED) is 0.836. The highest BCUT2D eigenvalue weighted by Crippen LogP contribution is 2.20. The minimum absolute atomic E-state index is 0.0699. The van der Waals surface area contributed by atoms with E-state index >= 15 is 0 Å². The molecule has 1 atom stereocenters. The molecule has 0 aliphatic rings. The normalized spacial score (nSPS) is 12.1. The van der Waals surface area contributed by atoms with Gasteiger partial charge in [-0.1, -0.05) is 42.5 Å². The molecular weight excluding hydrogens is 238 g/mol. The molecule has 1 unspecified atom stereocenters. The first-order chi connectivity index (χ1) is 9.33. The lowest BCUT2D eigenvalue weighted by molar-refractivity contribution is 0.186. The highest BCUT2D eigenvalue weighted by atomic mass is 16.5. The van der Waals surface area contributed by atoms with Crippen molar-refractivity contribution in [3.63, 3.8) is 0 Å². The molecule has 0 saturated heterocycles. The van der Waals surface area contributed by atoms with Crippen LogP contribution in [0, 0.1) is 0 Å². The number of aliphatic hydroxyl groups excluding tert-OH is 1. The van der Waals surface area contributed by atoms with Crippen molar-refractivity contribution in [1.82, 2.24) is 0 Å². The largest absolute Gasteiger partial charge is 0.392 e. The van der Waals surface area contributed by atoms with Gasteiger partial charge in [-0.05, 0) is 23.3 Å². The van der Waals surface area contributed by atoms with Gasteiger partial charge in [0.2, 0.25) is 0 Å². The number of anilines is 1. The van der Waals surface area contributed by atoms with E-state index in [0.29, 0.717) is 6.61 Å². The number of hydrogen-bond donors (Lipinski definition) is 2. The molecule has 19 heavy (non-hydrogen) atoms. The molecule has 0 aliphatic carbocycles. The van der Waals surface area contributed by atoms with Crippen molar-refractivity contribution in [2.45, 2.75) is 12.6 Å². The van der Waals surface area contributed by atoms with Gasteiger partial charge < -0.3 is 15.2 Å². The predicted molar refractivity (Wildman–Crippen MR) is 77.0 cm³/mol. The van der Waals surface area contributed by atoms with Crippen LogP contribution in [0.4, 0.5) is 5.69 Å². The Bertz CT molecular complexity index is 482. The Balaban J connectivity index is 2.11. The first kappa shape index (κ1) is 13.6. The van der Waals surface area contributed by atoms with Gasteiger partial charge in [-0.15, -0.1) is 0 Å². The van der Waals surface area contributed by atoms with E-state index in [9.17, 15) is 0 Å². The molecule has 0 radical (unpaired) electrons. The van der Waals surface area contributed by atoms with Gasteiger partial charge in [0, 0.05) is 12.8 Å². The fourth-order valence-corrected chi connectivity index (χ4v) is 1.98. The number of methoxy groups -OCH3 is 1. The number of hydrogen-bond acceptors (Lipinski definition) is 3. The molecule has 0 spiro atoms. The summed E-state index contributed by atoms with van der Waals surface area (Å²) in [6, 6.07) is 18.1. The summed E-state index contributed by atoms with van der Waals surface area (Å²) < 4.78 is 5.27. The fourth-order valence-electron chi connectivity index (χ4n) is 1.98. The maximum atomic E-state index is 9.03. The second kappa shape index (κ2) is 6.92. The van der Waals surface area contributed by atoms with E-state index in [-0.39, 0.29) is 12.6 Å². The van der Waals surface area contributed by atoms with E-state index in [1.54, 1.807) is 7.11 Å². The minimum atomic E-state index is 0.0699. The van der Waals surface area contributed by atoms with E-state index in [0.717, 1.165) is 11.3 Å². The van der Waals surface area contributed by atoms with Crippen LogP contribution in [0.1, 0.15) is 17.2 Å². The molecule has 100 valence electrons. The van der Waals surface area contributed by atoms with Gasteiger partial charge in [-0.25, -0.2) is 0 Å². The highest BCUT2D eigenvalue weighted by molar-refractivity contribution is 5.46. The molecule has 0 aromatic heterocycles. The lowest BCUT2D eigenvalue weighted by Crippen LogP contribution is -2.16. The standard InChI is InChI=1S/C16H19NO2/c1-19-12-16(14-5-3-2-4-6-14)17-15-9-7-13(11-18)8-10-15/h2-10,16-18H,11-12H2,1H3. The minimum Gasteiger partial charge on any atom is -0.392 e. The van der Waals surface area contributed by atoms with Crippen LogP contribution in [0.25, 0.3) is 0 Å². The van der Waals surface area contributed by atoms with E-state index in [1.807, 2.05) is 42.5 Å². The summed E-state index contributed by atoms with van der Waals surface area (Å²) in [5.41, 5.74) is 3.12. The Morgan fingerprint density at radius 1 is 1.05 bits per heavy atom. The Kier molecular flexibility index (Phi) is 4.95. The maximum absolute atomic E-state index is 9.03. The van der Waals surface area contributed by atoms with Crippen molar-refractivity contribution < 1.29 is 9.84 Å². The van der Waals surface area contributed by atoms with Crippen LogP contribution in [-0.2, 0) is 11.3 Å². The third kappa shape index (κ3) is 3.81. The van der Waals surface area contributed by atoms with Gasteiger partial charge in [0.25, 0.3) is 0 Å². The molecule has 2 aromatic carbocycles. The van der Waals surface area contributed by atoms with Gasteiger partial charge >= 0.3 is 0 Å². The molecular formula is C16H19NO2. The monoisotopic (exact) mass is 257 g/mol. The molecule has 2 aromatic rings. The van der Waals surface area contributed by atoms with E-state index in [2.05, 4.69) is 17.4 Å². The molecule has 3 heteroatoms. The zero-order chi connectivity index (χ0) is 13.5. The van der Waals surface area contributed by atoms with Crippen LogP contribution in [-0.4, -0.2) is 18.8 Å². The summed E-state index contributed by atoms with van der Waals surface area (Å²) in [5.74, 6) is 0. The zero-order valence-electron chi connectivity index (χ0n) is 11.0. The first-order valence-electron chi connectivity index (χ1n) is 6.33. The van der Waals surface area contributed by atoms with Crippen LogP contribution < -0.4 is 5.32 Å². The Morgan fingerprint density at radius 2 is 1.74 bits per heavy atom. The number of rotatable bonds is 6. The number of aliphatic hydroxyl groups is 1. The predicted octanol–water partition coefficient (Wildman–Crippen LogP) is 2.98. The maximum Gasteiger partial charge on any atom is 0.0747 e. The Hall–Kier alpha value is -1.84. The van der Waals surface area contributed by atoms with Gasteiger partial charge in [0.1, 0.15) is 0 Å². The first-order valence-corrected chi connectivity index (χ1v) is 6.33. The molecule has 0 bridgehead atoms. The van der Waals surface area contributed by atoms with Gasteiger partial charge in [0.05, 0.1) is 19.3 Å². The van der Waals surface area contributed by atoms with Gasteiger partial charge in [0.15, 0.2) is 0 Å². The average molecular weight is 257 g/mol. The molecule has 0 fully saturated rings. The third-order valence-electron chi connectivity index (χ3n) is 3.01. The van der Waals surface area contributed by atoms with Crippen LogP contribution in [0.15, 0.2) is 54.6 Å². The molecule has 0 amide bonds. The highest BCUT2D eigenvalue weighted by Gasteiger charge is 2.10. The Morgan fingerprint density at radius 3 is 2.32 bits per heavy atom. The van der Waals surface area contributed by atoms with Crippen molar-refractivity contribution in [1.29, 1.82) is 0 Å². The van der Waals surface area contributed by atoms with Crippen LogP contribution in [0.3, 0.4) is 0 Å². The molecule has 0 heterocycles. The van der Waals surface area contributed by atoms with Crippen molar-refractivity contribution in [2.24, 2.45) is 0 Å². The zero-order valence-corrected chi connectivity index (χ0v) is 11.0. The second-order valence-electron chi connectivity index (χ2n) is 4.42. The van der Waals surface area contributed by atoms with Crippen LogP contribution in [0.5, 0.6) is 0 Å². The third-order valence-corrected chi connectivity index (χ3v) is 3.01. The van der Waals surface area contributed by atoms with Gasteiger partial charge in [-0.2, -0.15) is 0 Å². The molecule has 3 nitrogen and oxygen atoms in total. The number of nitrogens with one attached hydrogen (secondary N) is 1. The second-order valence-corrected chi connectivity index (χ2v) is 4.42. The van der Waals surface area contributed by atoms with Crippen LogP contribution in [0.2, 0.25) is 0 Å². The summed E-state index contributed by atoms with van der Waals surface area (Å²) >= 11 is 0. The molecule has 0 aliphatic heterocycles. The van der Waals surface area contributed by atoms with Crippen molar-refractivity contribution in [3.05, 3.63) is 65.7 Å². The van der Waals surface area contributed by atoms with E-state index in [1.165, 1.54) is 5.56 Å². The van der Waals surface area contributed by atoms with Crippen molar-refractivity contribution in [2.75, 3.05) is 19.0 Å². The molecule has 2 rings (SSSR count). The fraction of sp³-hybridized carbons (Fsp3) is 0.250. The lowest BCUT2D eigenvalue weighted by atomic mass is 10.1. The summed E-state index contributed by atoms with van der Waals surface area (Å²) in [7, 11) is 1.70. The summed E-state index contributed by atoms with van der Waals surface area (Å²) in [6.07, 6.45) is 0. The smallest absolute Gasteiger partial charge is 0.0747 e. The number of ether oxygens (including phenoxy) is 1. The Labute approximate surface area is 113 Å². The summed E-state index contributed by atoms with van der Waals surface area (Å²) in [5, 5.41) is 12.5. The average Bonchev–Trinajstić information content (AvgIpc) is 2.48. The molecule has 2 N–H and O–H groups in total. The molecule has 0 saturated carbocycles. The van der Waals surface area contributed by atoms with Crippen molar-refractivity contribution in [3.8, 4) is 0 Å².